The van der Waals surface area contributed by atoms with E-state index in [1.54, 1.807) is 0 Å². The molecule has 0 rings (SSSR count). The van der Waals surface area contributed by atoms with E-state index in [0.29, 0.717) is 0 Å². The minimum atomic E-state index is -1.38. The van der Waals surface area contributed by atoms with Crippen LogP contribution in [0.5, 0.6) is 0 Å². The minimum absolute atomic E-state index is 0. The average Bonchev–Trinajstić information content (AvgIpc) is 2.15. The maximum atomic E-state index is 9.58. The molecule has 0 heterocycles. The molecule has 0 aliphatic carbocycles. The van der Waals surface area contributed by atoms with Gasteiger partial charge in [0.1, 0.15) is 0 Å². The zero-order chi connectivity index (χ0) is 11.7. The van der Waals surface area contributed by atoms with Crippen molar-refractivity contribution in [1.82, 2.24) is 0 Å². The second kappa shape index (κ2) is 11.5. The molecule has 0 aliphatic heterocycles. The number of rotatable bonds is 4. The summed E-state index contributed by atoms with van der Waals surface area (Å²) in [6, 6.07) is -2.75. The van der Waals surface area contributed by atoms with E-state index >= 15 is 0 Å². The molecule has 0 aromatic heterocycles. The van der Waals surface area contributed by atoms with Crippen LogP contribution in [0, 0.1) is 0 Å². The van der Waals surface area contributed by atoms with Crippen LogP contribution >= 0.6 is 0 Å². The van der Waals surface area contributed by atoms with E-state index in [4.69, 9.17) is 31.9 Å². The number of aliphatic hydroxyl groups is 2. The number of carboxylic acids is 2. The van der Waals surface area contributed by atoms with Crippen molar-refractivity contribution in [2.75, 3.05) is 13.2 Å². The van der Waals surface area contributed by atoms with Gasteiger partial charge >= 0.3 is 21.1 Å². The Labute approximate surface area is 100 Å². The van der Waals surface area contributed by atoms with Crippen molar-refractivity contribution in [3.63, 3.8) is 0 Å². The molecular weight excluding hydrogens is 391 g/mol. The van der Waals surface area contributed by atoms with Crippen LogP contribution in [-0.4, -0.2) is 57.7 Å². The third kappa shape index (κ3) is 13.5. The molecule has 0 unspecified atom stereocenters. The van der Waals surface area contributed by atoms with Crippen molar-refractivity contribution in [2.24, 2.45) is 0 Å². The first-order chi connectivity index (χ1) is 6.36. The summed E-state index contributed by atoms with van der Waals surface area (Å²) in [4.78, 5) is 19.2. The maximum Gasteiger partial charge on any atom is 2.00 e. The van der Waals surface area contributed by atoms with Gasteiger partial charge in [0.2, 0.25) is 0 Å². The molecule has 15 heavy (non-hydrogen) atoms. The molecule has 0 amide bonds. The average molecular weight is 403 g/mol. The molecule has 0 fully saturated rings. The molecule has 0 aromatic carbocycles. The quantitative estimate of drug-likeness (QED) is 0.469. The van der Waals surface area contributed by atoms with Gasteiger partial charge in [0, 0.05) is 13.2 Å². The van der Waals surface area contributed by atoms with Crippen molar-refractivity contribution in [2.45, 2.75) is 12.1 Å². The number of hydrogen-bond donors (Lipinski definition) is 4. The topological polar surface area (TPSA) is 163 Å². The smallest absolute Gasteiger partial charge is 0.663 e. The van der Waals surface area contributed by atoms with Crippen LogP contribution in [0.2, 0.25) is 0 Å². The molecule has 9 heteroatoms. The molecule has 2 atom stereocenters. The maximum absolute atomic E-state index is 9.58. The number of carboxylic acid groups (broad SMARTS) is 2. The summed E-state index contributed by atoms with van der Waals surface area (Å²) in [5.74, 6) is -2.58. The standard InChI is InChI=1S/2C3H6NO3.Pt/c2*4-2(1-5)3(6)7;/h2*2,4-5H,1H2,(H,6,7);/q2*-1;+2/t2*2-;/m00./s1. The van der Waals surface area contributed by atoms with Crippen LogP contribution in [0.15, 0.2) is 0 Å². The number of carbonyl (C=O) groups is 2. The molecule has 92 valence electrons. The molecule has 0 saturated heterocycles. The minimum Gasteiger partial charge on any atom is -0.663 e. The van der Waals surface area contributed by atoms with Gasteiger partial charge in [-0.2, -0.15) is 0 Å². The molecule has 8 nitrogen and oxygen atoms in total. The fourth-order valence-electron chi connectivity index (χ4n) is 0.156. The summed E-state index contributed by atoms with van der Waals surface area (Å²) in [5, 5.41) is 31.5. The number of nitrogens with one attached hydrogen (secondary N) is 2. The first-order valence-electron chi connectivity index (χ1n) is 3.46. The zero-order valence-electron chi connectivity index (χ0n) is 7.49. The van der Waals surface area contributed by atoms with Crippen LogP contribution in [0.4, 0.5) is 0 Å². The Morgan fingerprint density at radius 3 is 1.13 bits per heavy atom. The van der Waals surface area contributed by atoms with Gasteiger partial charge in [-0.05, 0) is 12.1 Å². The summed E-state index contributed by atoms with van der Waals surface area (Å²) in [5.41, 5.74) is 12.9. The Balaban J connectivity index is -0.000000180. The monoisotopic (exact) mass is 403 g/mol. The summed E-state index contributed by atoms with van der Waals surface area (Å²) >= 11 is 0. The molecule has 0 bridgehead atoms. The molecule has 0 saturated carbocycles. The summed E-state index contributed by atoms with van der Waals surface area (Å²) in [7, 11) is 0. The van der Waals surface area contributed by atoms with E-state index in [2.05, 4.69) is 0 Å². The summed E-state index contributed by atoms with van der Waals surface area (Å²) in [6.07, 6.45) is 0. The first kappa shape index (κ1) is 20.0. The fraction of sp³-hybridized carbons (Fsp3) is 0.667. The van der Waals surface area contributed by atoms with Crippen molar-refractivity contribution in [3.8, 4) is 0 Å². The third-order valence-electron chi connectivity index (χ3n) is 0.961. The zero-order valence-corrected chi connectivity index (χ0v) is 9.76. The number of hydrogen-bond acceptors (Lipinski definition) is 4. The van der Waals surface area contributed by atoms with Crippen LogP contribution in [0.3, 0.4) is 0 Å². The Kier molecular flexibility index (Phi) is 15.4. The van der Waals surface area contributed by atoms with Gasteiger partial charge in [0.25, 0.3) is 11.9 Å². The van der Waals surface area contributed by atoms with Crippen LogP contribution < -0.4 is 0 Å². The summed E-state index contributed by atoms with van der Waals surface area (Å²) < 4.78 is 0. The largest absolute Gasteiger partial charge is 2.00 e. The molecule has 0 radical (unpaired) electrons. The SMILES string of the molecule is [NH-][C@@H](CO)C(=O)O.[NH-][C@@H](CO)C(=O)O.[Pt+2]. The predicted octanol–water partition coefficient (Wildman–Crippen LogP) is -1.03. The molecule has 0 aliphatic rings. The van der Waals surface area contributed by atoms with Crippen molar-refractivity contribution < 1.29 is 51.1 Å². The van der Waals surface area contributed by atoms with Crippen molar-refractivity contribution >= 4 is 11.9 Å². The van der Waals surface area contributed by atoms with Crippen LogP contribution in [0.1, 0.15) is 0 Å². The van der Waals surface area contributed by atoms with E-state index in [1.807, 2.05) is 0 Å². The van der Waals surface area contributed by atoms with E-state index in [9.17, 15) is 9.59 Å². The second-order valence-corrected chi connectivity index (χ2v) is 2.15. The van der Waals surface area contributed by atoms with Crippen molar-refractivity contribution in [3.05, 3.63) is 11.5 Å². The Morgan fingerprint density at radius 2 is 1.13 bits per heavy atom. The van der Waals surface area contributed by atoms with Gasteiger partial charge in [-0.25, -0.2) is 0 Å². The normalized spacial score (nSPS) is 12.5. The number of aliphatic hydroxyl groups excluding tert-OH is 2. The van der Waals surface area contributed by atoms with Gasteiger partial charge < -0.3 is 31.9 Å². The van der Waals surface area contributed by atoms with E-state index in [-0.39, 0.29) is 21.1 Å². The second-order valence-electron chi connectivity index (χ2n) is 2.15. The molecule has 0 spiro atoms. The van der Waals surface area contributed by atoms with Gasteiger partial charge in [-0.15, -0.1) is 0 Å². The molecular formula is C6H12N2O6Pt. The van der Waals surface area contributed by atoms with Gasteiger partial charge in [0.15, 0.2) is 0 Å². The van der Waals surface area contributed by atoms with Gasteiger partial charge in [0.05, 0.1) is 0 Å². The van der Waals surface area contributed by atoms with E-state index in [0.717, 1.165) is 0 Å². The Bertz CT molecular complexity index is 170. The third-order valence-corrected chi connectivity index (χ3v) is 0.961. The predicted molar refractivity (Wildman–Crippen MR) is 45.7 cm³/mol. The van der Waals surface area contributed by atoms with Crippen LogP contribution in [-0.2, 0) is 30.7 Å². The Morgan fingerprint density at radius 1 is 0.933 bits per heavy atom. The van der Waals surface area contributed by atoms with Crippen molar-refractivity contribution in [1.29, 1.82) is 0 Å². The fourth-order valence-corrected chi connectivity index (χ4v) is 0.156. The van der Waals surface area contributed by atoms with Gasteiger partial charge in [-0.1, -0.05) is 0 Å². The van der Waals surface area contributed by atoms with E-state index in [1.165, 1.54) is 0 Å². The van der Waals surface area contributed by atoms with Gasteiger partial charge in [-0.3, -0.25) is 9.59 Å². The molecule has 0 aromatic rings. The van der Waals surface area contributed by atoms with Crippen LogP contribution in [0.25, 0.3) is 11.5 Å². The van der Waals surface area contributed by atoms with E-state index < -0.39 is 37.2 Å². The molecule has 6 N–H and O–H groups in total. The summed E-state index contributed by atoms with van der Waals surface area (Å²) in [6.45, 7) is -1.23. The Hall–Kier alpha value is -0.532. The first-order valence-corrected chi connectivity index (χ1v) is 3.46. The number of aliphatic carboxylic acids is 2.